The number of aromatic hydroxyl groups is 1. The molecule has 0 spiro atoms. The zero-order chi connectivity index (χ0) is 11.9. The molecule has 0 bridgehead atoms. The Bertz CT molecular complexity index is 574. The minimum absolute atomic E-state index is 0.00353. The Morgan fingerprint density at radius 2 is 2.19 bits per heavy atom. The van der Waals surface area contributed by atoms with Gasteiger partial charge in [-0.15, -0.1) is 0 Å². The molecule has 0 unspecified atom stereocenters. The summed E-state index contributed by atoms with van der Waals surface area (Å²) in [4.78, 5) is 11.5. The number of rotatable bonds is 1. The number of carbonyl (C=O) groups excluding carboxylic acids is 1. The van der Waals surface area contributed by atoms with Crippen LogP contribution in [0.25, 0.3) is 10.9 Å². The van der Waals surface area contributed by atoms with Gasteiger partial charge in [0.1, 0.15) is 11.4 Å². The van der Waals surface area contributed by atoms with E-state index in [0.717, 1.165) is 5.52 Å². The van der Waals surface area contributed by atoms with Crippen LogP contribution in [0.15, 0.2) is 18.2 Å². The van der Waals surface area contributed by atoms with Gasteiger partial charge in [0.25, 0.3) is 0 Å². The molecule has 16 heavy (non-hydrogen) atoms. The minimum Gasteiger partial charge on any atom is -0.506 e. The lowest BCUT2D eigenvalue weighted by Crippen LogP contribution is -2.06. The lowest BCUT2D eigenvalue weighted by atomic mass is 10.2. The summed E-state index contributed by atoms with van der Waals surface area (Å²) in [7, 11) is 3.06. The Morgan fingerprint density at radius 3 is 2.81 bits per heavy atom. The van der Waals surface area contributed by atoms with Crippen molar-refractivity contribution in [3.63, 3.8) is 0 Å². The summed E-state index contributed by atoms with van der Waals surface area (Å²) in [6.07, 6.45) is 0. The van der Waals surface area contributed by atoms with Gasteiger partial charge in [-0.05, 0) is 18.2 Å². The third kappa shape index (κ3) is 1.42. The number of halogens is 1. The van der Waals surface area contributed by atoms with Crippen LogP contribution in [-0.4, -0.2) is 22.8 Å². The first-order chi connectivity index (χ1) is 7.56. The van der Waals surface area contributed by atoms with Crippen LogP contribution in [0.2, 0.25) is 5.02 Å². The van der Waals surface area contributed by atoms with Gasteiger partial charge in [0.05, 0.1) is 17.6 Å². The van der Waals surface area contributed by atoms with E-state index in [1.165, 1.54) is 13.2 Å². The average Bonchev–Trinajstić information content (AvgIpc) is 2.61. The van der Waals surface area contributed by atoms with Crippen molar-refractivity contribution in [2.75, 3.05) is 7.11 Å². The van der Waals surface area contributed by atoms with E-state index < -0.39 is 5.97 Å². The van der Waals surface area contributed by atoms with Gasteiger partial charge in [-0.2, -0.15) is 0 Å². The van der Waals surface area contributed by atoms with Crippen LogP contribution >= 0.6 is 11.6 Å². The molecule has 0 fully saturated rings. The monoisotopic (exact) mass is 239 g/mol. The number of hydrogen-bond acceptors (Lipinski definition) is 3. The van der Waals surface area contributed by atoms with Crippen molar-refractivity contribution in [3.05, 3.63) is 28.9 Å². The molecule has 2 rings (SSSR count). The number of aromatic nitrogens is 1. The Morgan fingerprint density at radius 1 is 1.50 bits per heavy atom. The number of aryl methyl sites for hydroxylation is 1. The zero-order valence-electron chi connectivity index (χ0n) is 8.82. The van der Waals surface area contributed by atoms with E-state index in [4.69, 9.17) is 11.6 Å². The predicted octanol–water partition coefficient (Wildman–Crippen LogP) is 2.32. The second-order valence-electron chi connectivity index (χ2n) is 3.41. The number of benzene rings is 1. The van der Waals surface area contributed by atoms with Crippen LogP contribution in [0, 0.1) is 0 Å². The van der Waals surface area contributed by atoms with Gasteiger partial charge >= 0.3 is 5.97 Å². The van der Waals surface area contributed by atoms with Crippen molar-refractivity contribution < 1.29 is 14.6 Å². The van der Waals surface area contributed by atoms with E-state index in [1.807, 2.05) is 0 Å². The molecule has 1 N–H and O–H groups in total. The summed E-state index contributed by atoms with van der Waals surface area (Å²) in [6, 6.07) is 4.79. The molecule has 4 nitrogen and oxygen atoms in total. The molecule has 0 aliphatic heterocycles. The third-order valence-corrected chi connectivity index (χ3v) is 2.93. The lowest BCUT2D eigenvalue weighted by molar-refractivity contribution is 0.0590. The largest absolute Gasteiger partial charge is 0.506 e. The molecular weight excluding hydrogens is 230 g/mol. The van der Waals surface area contributed by atoms with Crippen molar-refractivity contribution in [1.82, 2.24) is 4.57 Å². The standard InChI is InChI=1S/C11H10ClNO3/c1-13-7-3-4-9(14)10(12)6(7)5-8(13)11(15)16-2/h3-5,14H,1-2H3. The molecule has 2 aromatic rings. The second kappa shape index (κ2) is 3.72. The number of phenols is 1. The summed E-state index contributed by atoms with van der Waals surface area (Å²) in [5.74, 6) is -0.439. The molecular formula is C11H10ClNO3. The first-order valence-corrected chi connectivity index (χ1v) is 4.99. The molecule has 84 valence electrons. The fourth-order valence-electron chi connectivity index (χ4n) is 1.66. The van der Waals surface area contributed by atoms with Gasteiger partial charge in [-0.1, -0.05) is 11.6 Å². The van der Waals surface area contributed by atoms with Gasteiger partial charge < -0.3 is 14.4 Å². The average molecular weight is 240 g/mol. The predicted molar refractivity (Wildman–Crippen MR) is 60.9 cm³/mol. The van der Waals surface area contributed by atoms with Crippen molar-refractivity contribution in [2.45, 2.75) is 0 Å². The van der Waals surface area contributed by atoms with Crippen molar-refractivity contribution in [3.8, 4) is 5.75 Å². The van der Waals surface area contributed by atoms with Gasteiger partial charge in [0.15, 0.2) is 0 Å². The van der Waals surface area contributed by atoms with Crippen molar-refractivity contribution in [2.24, 2.45) is 7.05 Å². The van der Waals surface area contributed by atoms with E-state index in [0.29, 0.717) is 11.1 Å². The van der Waals surface area contributed by atoms with Gasteiger partial charge in [-0.25, -0.2) is 4.79 Å². The minimum atomic E-state index is -0.436. The Hall–Kier alpha value is -1.68. The number of phenolic OH excluding ortho intramolecular Hbond substituents is 1. The molecule has 1 aromatic heterocycles. The molecule has 0 aliphatic rings. The first-order valence-electron chi connectivity index (χ1n) is 4.61. The summed E-state index contributed by atoms with van der Waals surface area (Å²) in [5, 5.41) is 10.3. The second-order valence-corrected chi connectivity index (χ2v) is 3.79. The number of nitrogens with zero attached hydrogens (tertiary/aromatic N) is 1. The molecule has 0 amide bonds. The molecule has 1 aromatic carbocycles. The number of hydrogen-bond donors (Lipinski definition) is 1. The topological polar surface area (TPSA) is 51.5 Å². The number of ether oxygens (including phenoxy) is 1. The van der Waals surface area contributed by atoms with E-state index in [1.54, 1.807) is 23.7 Å². The summed E-state index contributed by atoms with van der Waals surface area (Å²) in [5.41, 5.74) is 1.16. The van der Waals surface area contributed by atoms with E-state index in [9.17, 15) is 9.90 Å². The fraction of sp³-hybridized carbons (Fsp3) is 0.182. The van der Waals surface area contributed by atoms with Crippen molar-refractivity contribution >= 4 is 28.5 Å². The number of fused-ring (bicyclic) bond motifs is 1. The number of esters is 1. The smallest absolute Gasteiger partial charge is 0.354 e. The van der Waals surface area contributed by atoms with Gasteiger partial charge in [-0.3, -0.25) is 0 Å². The maximum Gasteiger partial charge on any atom is 0.354 e. The quantitative estimate of drug-likeness (QED) is 0.777. The number of carbonyl (C=O) groups is 1. The summed E-state index contributed by atoms with van der Waals surface area (Å²) < 4.78 is 6.32. The van der Waals surface area contributed by atoms with E-state index in [2.05, 4.69) is 4.74 Å². The molecule has 1 heterocycles. The Kier molecular flexibility index (Phi) is 2.52. The maximum atomic E-state index is 11.5. The first kappa shape index (κ1) is 10.8. The van der Waals surface area contributed by atoms with Crippen LogP contribution in [0.1, 0.15) is 10.5 Å². The molecule has 0 radical (unpaired) electrons. The highest BCUT2D eigenvalue weighted by atomic mass is 35.5. The highest BCUT2D eigenvalue weighted by molar-refractivity contribution is 6.37. The van der Waals surface area contributed by atoms with E-state index in [-0.39, 0.29) is 10.8 Å². The molecule has 0 atom stereocenters. The highest BCUT2D eigenvalue weighted by Crippen LogP contribution is 2.33. The Labute approximate surface area is 97.0 Å². The molecule has 0 saturated heterocycles. The molecule has 5 heteroatoms. The SMILES string of the molecule is COC(=O)c1cc2c(Cl)c(O)ccc2n1C. The van der Waals surface area contributed by atoms with Gasteiger partial charge in [0.2, 0.25) is 0 Å². The summed E-state index contributed by atoms with van der Waals surface area (Å²) >= 11 is 5.94. The lowest BCUT2D eigenvalue weighted by Gasteiger charge is -2.02. The van der Waals surface area contributed by atoms with Crippen LogP contribution in [0.4, 0.5) is 0 Å². The van der Waals surface area contributed by atoms with Crippen LogP contribution in [0.5, 0.6) is 5.75 Å². The molecule has 0 saturated carbocycles. The zero-order valence-corrected chi connectivity index (χ0v) is 9.58. The fourth-order valence-corrected chi connectivity index (χ4v) is 1.88. The normalized spacial score (nSPS) is 10.7. The molecule has 0 aliphatic carbocycles. The van der Waals surface area contributed by atoms with Crippen LogP contribution in [-0.2, 0) is 11.8 Å². The third-order valence-electron chi connectivity index (χ3n) is 2.53. The van der Waals surface area contributed by atoms with Crippen LogP contribution < -0.4 is 0 Å². The number of methoxy groups -OCH3 is 1. The maximum absolute atomic E-state index is 11.5. The highest BCUT2D eigenvalue weighted by Gasteiger charge is 2.16. The van der Waals surface area contributed by atoms with Crippen LogP contribution in [0.3, 0.4) is 0 Å². The van der Waals surface area contributed by atoms with Gasteiger partial charge in [0, 0.05) is 12.4 Å². The van der Waals surface area contributed by atoms with Crippen molar-refractivity contribution in [1.29, 1.82) is 0 Å². The summed E-state index contributed by atoms with van der Waals surface area (Å²) in [6.45, 7) is 0. The Balaban J connectivity index is 2.77. The van der Waals surface area contributed by atoms with E-state index >= 15 is 0 Å².